The lowest BCUT2D eigenvalue weighted by Crippen LogP contribution is -2.47. The molecule has 3 aliphatic carbocycles. The topological polar surface area (TPSA) is 78.7 Å². The lowest BCUT2D eigenvalue weighted by atomic mass is 9.95. The summed E-state index contributed by atoms with van der Waals surface area (Å²) in [7, 11) is 0. The number of fused-ring (bicyclic) bond motifs is 2. The zero-order valence-corrected chi connectivity index (χ0v) is 15.4. The van der Waals surface area contributed by atoms with Gasteiger partial charge in [-0.25, -0.2) is 0 Å². The van der Waals surface area contributed by atoms with Crippen molar-refractivity contribution in [2.45, 2.75) is 51.0 Å². The van der Waals surface area contributed by atoms with E-state index in [0.29, 0.717) is 25.7 Å². The Kier molecular flexibility index (Phi) is 5.46. The van der Waals surface area contributed by atoms with Crippen molar-refractivity contribution >= 4 is 11.9 Å². The third kappa shape index (κ3) is 4.59. The van der Waals surface area contributed by atoms with Crippen molar-refractivity contribution in [2.24, 2.45) is 22.7 Å². The molecule has 3 N–H and O–H groups in total. The second-order valence-corrected chi connectivity index (χ2v) is 7.98. The van der Waals surface area contributed by atoms with Gasteiger partial charge in [-0.05, 0) is 56.1 Å². The van der Waals surface area contributed by atoms with Crippen molar-refractivity contribution in [3.05, 3.63) is 24.2 Å². The highest BCUT2D eigenvalue weighted by molar-refractivity contribution is 5.81. The van der Waals surface area contributed by atoms with Crippen LogP contribution in [0.5, 0.6) is 0 Å². The molecule has 4 rings (SSSR count). The molecule has 3 unspecified atom stereocenters. The zero-order chi connectivity index (χ0) is 17.8. The number of carbonyl (C=O) groups is 1. The van der Waals surface area contributed by atoms with Crippen LogP contribution in [0.1, 0.15) is 44.3 Å². The molecular weight excluding hydrogens is 328 g/mol. The highest BCUT2D eigenvalue weighted by Gasteiger charge is 2.39. The summed E-state index contributed by atoms with van der Waals surface area (Å²) in [5, 5.41) is 10.0. The number of amides is 1. The molecule has 1 amide bonds. The molecule has 0 radical (unpaired) electrons. The summed E-state index contributed by atoms with van der Waals surface area (Å²) in [4.78, 5) is 16.5. The van der Waals surface area contributed by atoms with Gasteiger partial charge in [0, 0.05) is 38.0 Å². The highest BCUT2D eigenvalue weighted by atomic mass is 16.3. The second kappa shape index (κ2) is 8.14. The number of carbonyl (C=O) groups excluding carboxylic acids is 1. The number of nitrogens with one attached hydrogen (secondary N) is 3. The zero-order valence-electron chi connectivity index (χ0n) is 15.4. The number of hydrogen-bond acceptors (Lipinski definition) is 3. The Morgan fingerprint density at radius 1 is 1.15 bits per heavy atom. The predicted molar refractivity (Wildman–Crippen MR) is 101 cm³/mol. The van der Waals surface area contributed by atoms with Crippen molar-refractivity contribution in [3.8, 4) is 0 Å². The molecule has 142 valence electrons. The second-order valence-electron chi connectivity index (χ2n) is 7.98. The summed E-state index contributed by atoms with van der Waals surface area (Å²) in [6, 6.07) is 4.44. The van der Waals surface area contributed by atoms with Gasteiger partial charge in [0.1, 0.15) is 5.76 Å². The van der Waals surface area contributed by atoms with Gasteiger partial charge in [-0.2, -0.15) is 0 Å². The van der Waals surface area contributed by atoms with Crippen LogP contribution in [0.4, 0.5) is 0 Å². The van der Waals surface area contributed by atoms with Gasteiger partial charge in [-0.3, -0.25) is 9.79 Å². The number of nitrogens with zero attached hydrogens (tertiary/aromatic N) is 1. The van der Waals surface area contributed by atoms with Crippen LogP contribution in [0, 0.1) is 17.8 Å². The molecule has 3 atom stereocenters. The predicted octanol–water partition coefficient (Wildman–Crippen LogP) is 2.07. The minimum atomic E-state index is 0.198. The number of furan rings is 1. The molecule has 3 aliphatic rings. The summed E-state index contributed by atoms with van der Waals surface area (Å²) in [5.74, 6) is 4.00. The van der Waals surface area contributed by atoms with Crippen LogP contribution < -0.4 is 16.0 Å². The third-order valence-corrected chi connectivity index (χ3v) is 5.93. The average molecular weight is 358 g/mol. The van der Waals surface area contributed by atoms with E-state index < -0.39 is 0 Å². The summed E-state index contributed by atoms with van der Waals surface area (Å²) in [6.45, 7) is 2.04. The number of guanidine groups is 1. The summed E-state index contributed by atoms with van der Waals surface area (Å²) >= 11 is 0. The normalized spacial score (nSPS) is 27.5. The maximum absolute atomic E-state index is 11.7. The standard InChI is InChI=1S/C20H30N4O2/c25-19(15-5-6-15)21-9-10-23-20(22-8-7-17-2-1-11-26-17)24-18-13-14-3-4-16(18)12-14/h1-2,11,14-16,18H,3-10,12-13H2,(H,21,25)(H2,22,23,24). The fourth-order valence-corrected chi connectivity index (χ4v) is 4.34. The Hall–Kier alpha value is -1.98. The largest absolute Gasteiger partial charge is 0.469 e. The van der Waals surface area contributed by atoms with Gasteiger partial charge >= 0.3 is 0 Å². The van der Waals surface area contributed by atoms with Crippen molar-refractivity contribution in [3.63, 3.8) is 0 Å². The molecule has 1 aromatic rings. The molecular formula is C20H30N4O2. The Morgan fingerprint density at radius 2 is 2.04 bits per heavy atom. The summed E-state index contributed by atoms with van der Waals surface area (Å²) in [6.07, 6.45) is 9.98. The minimum Gasteiger partial charge on any atom is -0.469 e. The highest BCUT2D eigenvalue weighted by Crippen LogP contribution is 2.44. The smallest absolute Gasteiger partial charge is 0.223 e. The van der Waals surface area contributed by atoms with E-state index in [1.165, 1.54) is 25.7 Å². The van der Waals surface area contributed by atoms with E-state index >= 15 is 0 Å². The summed E-state index contributed by atoms with van der Waals surface area (Å²) < 4.78 is 5.38. The first-order chi connectivity index (χ1) is 12.8. The van der Waals surface area contributed by atoms with E-state index in [0.717, 1.165) is 42.8 Å². The van der Waals surface area contributed by atoms with Crippen LogP contribution in [-0.4, -0.2) is 37.5 Å². The van der Waals surface area contributed by atoms with E-state index in [1.807, 2.05) is 12.1 Å². The Morgan fingerprint density at radius 3 is 2.73 bits per heavy atom. The van der Waals surface area contributed by atoms with Gasteiger partial charge in [-0.1, -0.05) is 6.42 Å². The van der Waals surface area contributed by atoms with Crippen LogP contribution in [-0.2, 0) is 11.2 Å². The number of hydrogen-bond donors (Lipinski definition) is 3. The Bertz CT molecular complexity index is 624. The van der Waals surface area contributed by atoms with Crippen LogP contribution in [0.25, 0.3) is 0 Å². The maximum atomic E-state index is 11.7. The van der Waals surface area contributed by atoms with E-state index in [-0.39, 0.29) is 11.8 Å². The Balaban J connectivity index is 1.25. The van der Waals surface area contributed by atoms with Crippen LogP contribution in [0.3, 0.4) is 0 Å². The van der Waals surface area contributed by atoms with Gasteiger partial charge in [-0.15, -0.1) is 0 Å². The molecule has 1 aromatic heterocycles. The van der Waals surface area contributed by atoms with Gasteiger partial charge in [0.15, 0.2) is 5.96 Å². The van der Waals surface area contributed by atoms with Crippen molar-refractivity contribution < 1.29 is 9.21 Å². The first-order valence-corrected chi connectivity index (χ1v) is 10.1. The molecule has 1 heterocycles. The fourth-order valence-electron chi connectivity index (χ4n) is 4.34. The van der Waals surface area contributed by atoms with Gasteiger partial charge in [0.2, 0.25) is 5.91 Å². The van der Waals surface area contributed by atoms with Crippen LogP contribution >= 0.6 is 0 Å². The molecule has 0 saturated heterocycles. The molecule has 6 heteroatoms. The molecule has 0 aromatic carbocycles. The molecule has 0 aliphatic heterocycles. The SMILES string of the molecule is O=C(NCCNC(=NCCc1ccco1)NC1CC2CCC1C2)C1CC1. The summed E-state index contributed by atoms with van der Waals surface area (Å²) in [5.41, 5.74) is 0. The van der Waals surface area contributed by atoms with Crippen molar-refractivity contribution in [2.75, 3.05) is 19.6 Å². The van der Waals surface area contributed by atoms with Crippen molar-refractivity contribution in [1.29, 1.82) is 0 Å². The first kappa shape index (κ1) is 17.4. The molecule has 3 saturated carbocycles. The van der Waals surface area contributed by atoms with Crippen LogP contribution in [0.15, 0.2) is 27.8 Å². The average Bonchev–Trinajstić information content (AvgIpc) is 3.04. The van der Waals surface area contributed by atoms with Gasteiger partial charge in [0.05, 0.1) is 6.26 Å². The van der Waals surface area contributed by atoms with E-state index in [4.69, 9.17) is 9.41 Å². The van der Waals surface area contributed by atoms with E-state index in [2.05, 4.69) is 16.0 Å². The lowest BCUT2D eigenvalue weighted by molar-refractivity contribution is -0.122. The van der Waals surface area contributed by atoms with E-state index in [9.17, 15) is 4.79 Å². The fraction of sp³-hybridized carbons (Fsp3) is 0.700. The molecule has 3 fully saturated rings. The molecule has 0 spiro atoms. The molecule has 6 nitrogen and oxygen atoms in total. The number of rotatable bonds is 8. The lowest BCUT2D eigenvalue weighted by Gasteiger charge is -2.25. The van der Waals surface area contributed by atoms with E-state index in [1.54, 1.807) is 6.26 Å². The minimum absolute atomic E-state index is 0.198. The van der Waals surface area contributed by atoms with Crippen molar-refractivity contribution in [1.82, 2.24) is 16.0 Å². The quantitative estimate of drug-likeness (QED) is 0.378. The van der Waals surface area contributed by atoms with Gasteiger partial charge < -0.3 is 20.4 Å². The third-order valence-electron chi connectivity index (χ3n) is 5.93. The Labute approximate surface area is 155 Å². The molecule has 26 heavy (non-hydrogen) atoms. The van der Waals surface area contributed by atoms with Gasteiger partial charge in [0.25, 0.3) is 0 Å². The first-order valence-electron chi connectivity index (χ1n) is 10.1. The monoisotopic (exact) mass is 358 g/mol. The number of aliphatic imine (C=N–C) groups is 1. The molecule has 2 bridgehead atoms. The van der Waals surface area contributed by atoms with Crippen LogP contribution in [0.2, 0.25) is 0 Å². The maximum Gasteiger partial charge on any atom is 0.223 e.